The van der Waals surface area contributed by atoms with Crippen LogP contribution in [-0.4, -0.2) is 19.0 Å². The minimum atomic E-state index is -0.311. The van der Waals surface area contributed by atoms with E-state index in [0.717, 1.165) is 9.35 Å². The van der Waals surface area contributed by atoms with Gasteiger partial charge in [0.05, 0.1) is 18.1 Å². The quantitative estimate of drug-likeness (QED) is 0.799. The number of benzene rings is 1. The van der Waals surface area contributed by atoms with Gasteiger partial charge in [0.25, 0.3) is 0 Å². The van der Waals surface area contributed by atoms with E-state index >= 15 is 0 Å². The smallest absolute Gasteiger partial charge is 0.193 e. The molecule has 0 unspecified atom stereocenters. The first-order valence-electron chi connectivity index (χ1n) is 5.86. The second-order valence-corrected chi connectivity index (χ2v) is 6.01. The first-order chi connectivity index (χ1) is 9.24. The maximum Gasteiger partial charge on any atom is 0.193 e. The summed E-state index contributed by atoms with van der Waals surface area (Å²) in [7, 11) is 0. The molecule has 1 saturated heterocycles. The lowest BCUT2D eigenvalue weighted by Gasteiger charge is -2.04. The lowest BCUT2D eigenvalue weighted by Crippen LogP contribution is -2.00. The Labute approximate surface area is 123 Å². The Balaban J connectivity index is 1.84. The molecule has 1 aliphatic rings. The molecule has 1 aromatic carbocycles. The first-order valence-corrected chi connectivity index (χ1v) is 7.53. The zero-order valence-electron chi connectivity index (χ0n) is 9.97. The van der Waals surface area contributed by atoms with E-state index in [4.69, 9.17) is 9.47 Å². The molecule has 0 bridgehead atoms. The van der Waals surface area contributed by atoms with Crippen molar-refractivity contribution in [3.63, 3.8) is 0 Å². The molecule has 0 atom stereocenters. The maximum absolute atomic E-state index is 12.3. The van der Waals surface area contributed by atoms with Gasteiger partial charge in [0.2, 0.25) is 0 Å². The summed E-state index contributed by atoms with van der Waals surface area (Å²) in [4.78, 5) is 13.3. The molecule has 2 heterocycles. The number of rotatable bonds is 3. The summed E-state index contributed by atoms with van der Waals surface area (Å²) in [6.07, 6.45) is -0.311. The number of hydrogen-bond acceptors (Lipinski definition) is 4. The Morgan fingerprint density at radius 2 is 2.00 bits per heavy atom. The topological polar surface area (TPSA) is 35.5 Å². The van der Waals surface area contributed by atoms with Crippen molar-refractivity contribution in [2.75, 3.05) is 13.2 Å². The Kier molecular flexibility index (Phi) is 3.79. The average molecular weight is 339 g/mol. The molecule has 3 nitrogen and oxygen atoms in total. The van der Waals surface area contributed by atoms with Crippen LogP contribution in [0.3, 0.4) is 0 Å². The molecule has 0 amide bonds. The fourth-order valence-electron chi connectivity index (χ4n) is 1.91. The molecule has 0 aliphatic carbocycles. The Hall–Kier alpha value is -1.01. The third-order valence-electron chi connectivity index (χ3n) is 2.82. The van der Waals surface area contributed by atoms with Crippen LogP contribution in [0, 0.1) is 0 Å². The normalized spacial score (nSPS) is 15.8. The van der Waals surface area contributed by atoms with Crippen LogP contribution < -0.4 is 0 Å². The van der Waals surface area contributed by atoms with Crippen molar-refractivity contribution in [3.05, 3.63) is 56.2 Å². The van der Waals surface area contributed by atoms with E-state index in [-0.39, 0.29) is 12.1 Å². The summed E-state index contributed by atoms with van der Waals surface area (Å²) >= 11 is 4.86. The van der Waals surface area contributed by atoms with Gasteiger partial charge in [-0.3, -0.25) is 4.79 Å². The van der Waals surface area contributed by atoms with E-state index in [1.165, 1.54) is 11.3 Å². The molecule has 0 radical (unpaired) electrons. The van der Waals surface area contributed by atoms with Gasteiger partial charge in [0.15, 0.2) is 12.1 Å². The highest BCUT2D eigenvalue weighted by Crippen LogP contribution is 2.30. The summed E-state index contributed by atoms with van der Waals surface area (Å²) in [5, 5.41) is 1.85. The fourth-order valence-corrected chi connectivity index (χ4v) is 3.19. The summed E-state index contributed by atoms with van der Waals surface area (Å²) in [6, 6.07) is 9.24. The highest BCUT2D eigenvalue weighted by atomic mass is 79.9. The molecular formula is C14H11BrO3S. The van der Waals surface area contributed by atoms with Gasteiger partial charge in [0.1, 0.15) is 0 Å². The van der Waals surface area contributed by atoms with Gasteiger partial charge in [-0.05, 0) is 18.2 Å². The number of ketones is 1. The maximum atomic E-state index is 12.3. The summed E-state index contributed by atoms with van der Waals surface area (Å²) in [6.45, 7) is 1.22. The van der Waals surface area contributed by atoms with E-state index in [0.29, 0.717) is 24.3 Å². The molecule has 0 spiro atoms. The number of ether oxygens (including phenoxy) is 2. The molecule has 2 aromatic rings. The van der Waals surface area contributed by atoms with E-state index in [1.807, 2.05) is 35.7 Å². The number of hydrogen-bond donors (Lipinski definition) is 0. The summed E-state index contributed by atoms with van der Waals surface area (Å²) in [5.74, 6) is 0.0156. The minimum Gasteiger partial charge on any atom is -0.345 e. The molecular weight excluding hydrogens is 328 g/mol. The molecule has 1 aromatic heterocycles. The number of carbonyl (C=O) groups excluding carboxylic acids is 1. The zero-order chi connectivity index (χ0) is 13.2. The van der Waals surface area contributed by atoms with Crippen molar-refractivity contribution in [2.45, 2.75) is 6.29 Å². The van der Waals surface area contributed by atoms with Crippen molar-refractivity contribution >= 4 is 33.0 Å². The fraction of sp³-hybridized carbons (Fsp3) is 0.214. The van der Waals surface area contributed by atoms with Crippen LogP contribution in [0.25, 0.3) is 0 Å². The van der Waals surface area contributed by atoms with Crippen LogP contribution in [-0.2, 0) is 9.47 Å². The van der Waals surface area contributed by atoms with Gasteiger partial charge < -0.3 is 9.47 Å². The Morgan fingerprint density at radius 1 is 1.21 bits per heavy atom. The predicted octanol–water partition coefficient (Wildman–Crippen LogP) is 3.79. The third-order valence-corrected chi connectivity index (χ3v) is 4.27. The number of halogens is 1. The molecule has 0 saturated carbocycles. The van der Waals surface area contributed by atoms with Crippen molar-refractivity contribution in [1.29, 1.82) is 0 Å². The molecule has 3 rings (SSSR count). The monoisotopic (exact) mass is 338 g/mol. The van der Waals surface area contributed by atoms with E-state index in [2.05, 4.69) is 15.9 Å². The highest BCUT2D eigenvalue weighted by Gasteiger charge is 2.21. The third kappa shape index (κ3) is 2.79. The Morgan fingerprint density at radius 3 is 2.74 bits per heavy atom. The van der Waals surface area contributed by atoms with Crippen LogP contribution >= 0.6 is 27.3 Å². The van der Waals surface area contributed by atoms with Crippen molar-refractivity contribution in [3.8, 4) is 0 Å². The van der Waals surface area contributed by atoms with Crippen molar-refractivity contribution in [1.82, 2.24) is 0 Å². The molecule has 1 aliphatic heterocycles. The lowest BCUT2D eigenvalue weighted by molar-refractivity contribution is -0.0413. The Bertz CT molecular complexity index is 602. The highest BCUT2D eigenvalue weighted by molar-refractivity contribution is 9.10. The van der Waals surface area contributed by atoms with Gasteiger partial charge in [-0.15, -0.1) is 11.3 Å². The average Bonchev–Trinajstić information content (AvgIpc) is 3.08. The standard InChI is InChI=1S/C14H11BrO3S/c15-11-3-1-2-9(6-11)13(16)10-7-12(19-8-10)14-17-4-5-18-14/h1-3,6-8,14H,4-5H2. The summed E-state index contributed by atoms with van der Waals surface area (Å²) < 4.78 is 11.8. The van der Waals surface area contributed by atoms with Gasteiger partial charge in [-0.1, -0.05) is 28.1 Å². The van der Waals surface area contributed by atoms with E-state index < -0.39 is 0 Å². The van der Waals surface area contributed by atoms with E-state index in [9.17, 15) is 4.79 Å². The second-order valence-electron chi connectivity index (χ2n) is 4.15. The van der Waals surface area contributed by atoms with Gasteiger partial charge in [-0.2, -0.15) is 0 Å². The van der Waals surface area contributed by atoms with Crippen LogP contribution in [0.2, 0.25) is 0 Å². The van der Waals surface area contributed by atoms with Crippen molar-refractivity contribution < 1.29 is 14.3 Å². The SMILES string of the molecule is O=C(c1cccc(Br)c1)c1csc(C2OCCO2)c1. The molecule has 98 valence electrons. The van der Waals surface area contributed by atoms with E-state index in [1.54, 1.807) is 0 Å². The number of thiophene rings is 1. The predicted molar refractivity (Wildman–Crippen MR) is 76.5 cm³/mol. The van der Waals surface area contributed by atoms with Gasteiger partial charge >= 0.3 is 0 Å². The molecule has 5 heteroatoms. The van der Waals surface area contributed by atoms with Crippen LogP contribution in [0.1, 0.15) is 27.1 Å². The first kappa shape index (κ1) is 13.0. The lowest BCUT2D eigenvalue weighted by atomic mass is 10.1. The van der Waals surface area contributed by atoms with Crippen LogP contribution in [0.4, 0.5) is 0 Å². The van der Waals surface area contributed by atoms with Gasteiger partial charge in [0, 0.05) is 21.0 Å². The van der Waals surface area contributed by atoms with Crippen molar-refractivity contribution in [2.24, 2.45) is 0 Å². The van der Waals surface area contributed by atoms with Crippen LogP contribution in [0.5, 0.6) is 0 Å². The minimum absolute atomic E-state index is 0.0156. The number of carbonyl (C=O) groups is 1. The summed E-state index contributed by atoms with van der Waals surface area (Å²) in [5.41, 5.74) is 1.35. The van der Waals surface area contributed by atoms with Crippen LogP contribution in [0.15, 0.2) is 40.2 Å². The zero-order valence-corrected chi connectivity index (χ0v) is 12.4. The molecule has 0 N–H and O–H groups in total. The molecule has 1 fully saturated rings. The second kappa shape index (κ2) is 5.54. The van der Waals surface area contributed by atoms with Gasteiger partial charge in [-0.25, -0.2) is 0 Å². The largest absolute Gasteiger partial charge is 0.345 e. The molecule has 19 heavy (non-hydrogen) atoms.